The number of aliphatic hydroxyl groups is 5. The number of unbranched alkanes of at least 4 members (excludes halogenated alkanes) is 25. The summed E-state index contributed by atoms with van der Waals surface area (Å²) in [5, 5.41) is 55.3. The molecule has 1 heterocycles. The van der Waals surface area contributed by atoms with Gasteiger partial charge < -0.3 is 40.3 Å². The Kier molecular flexibility index (Phi) is 37.1. The number of allylic oxidation sites excluding steroid dienone is 5. The van der Waals surface area contributed by atoms with Gasteiger partial charge in [0.25, 0.3) is 0 Å². The number of nitrogens with one attached hydrogen (secondary N) is 1. The number of amides is 1. The van der Waals surface area contributed by atoms with Crippen LogP contribution >= 0.6 is 0 Å². The van der Waals surface area contributed by atoms with Crippen molar-refractivity contribution in [2.24, 2.45) is 0 Å². The van der Waals surface area contributed by atoms with Crippen LogP contribution in [0, 0.1) is 0 Å². The van der Waals surface area contributed by atoms with E-state index in [-0.39, 0.29) is 6.42 Å². The fraction of sp³-hybridized carbons (Fsp3) is 0.857. The second-order valence-corrected chi connectivity index (χ2v) is 18.6. The Hall–Kier alpha value is -1.72. The van der Waals surface area contributed by atoms with Crippen LogP contribution in [0.1, 0.15) is 206 Å². The van der Waals surface area contributed by atoms with Crippen LogP contribution in [-0.2, 0) is 28.9 Å². The third-order valence-corrected chi connectivity index (χ3v) is 12.2. The lowest BCUT2D eigenvalue weighted by Crippen LogP contribution is -2.61. The molecule has 7 N–H and O–H groups in total. The van der Waals surface area contributed by atoms with Crippen LogP contribution in [0.25, 0.3) is 0 Å². The summed E-state index contributed by atoms with van der Waals surface area (Å²) in [6.45, 7) is 3.20. The molecule has 8 unspecified atom stereocenters. The lowest BCUT2D eigenvalue weighted by atomic mass is 9.99. The molecule has 0 spiro atoms. The zero-order valence-corrected chi connectivity index (χ0v) is 40.1. The molecule has 8 atom stereocenters. The molecule has 0 aromatic heterocycles. The quantitative estimate of drug-likeness (QED) is 0.0174. The molecular formula is C49H91NO12S. The van der Waals surface area contributed by atoms with Crippen molar-refractivity contribution in [1.82, 2.24) is 5.32 Å². The molecule has 1 saturated heterocycles. The van der Waals surface area contributed by atoms with E-state index >= 15 is 0 Å². The third-order valence-electron chi connectivity index (χ3n) is 11.8. The van der Waals surface area contributed by atoms with Gasteiger partial charge in [-0.3, -0.25) is 9.35 Å². The normalized spacial score (nSPS) is 21.2. The van der Waals surface area contributed by atoms with Gasteiger partial charge in [0.2, 0.25) is 5.91 Å². The average molecular weight is 918 g/mol. The number of ether oxygens (including phenoxy) is 2. The van der Waals surface area contributed by atoms with Gasteiger partial charge in [0.05, 0.1) is 25.4 Å². The predicted molar refractivity (Wildman–Crippen MR) is 251 cm³/mol. The molecule has 0 saturated carbocycles. The fourth-order valence-electron chi connectivity index (χ4n) is 7.77. The molecule has 0 bridgehead atoms. The zero-order valence-electron chi connectivity index (χ0n) is 39.3. The van der Waals surface area contributed by atoms with Crippen molar-refractivity contribution >= 4 is 16.3 Å². The van der Waals surface area contributed by atoms with Crippen molar-refractivity contribution in [3.05, 3.63) is 36.5 Å². The Balaban J connectivity index is 2.58. The molecule has 13 nitrogen and oxygen atoms in total. The van der Waals surface area contributed by atoms with Crippen LogP contribution in [0.5, 0.6) is 0 Å². The van der Waals surface area contributed by atoms with Crippen molar-refractivity contribution in [2.45, 2.75) is 255 Å². The number of hydrogen-bond donors (Lipinski definition) is 7. The molecule has 1 rings (SSSR count). The first-order valence-corrected chi connectivity index (χ1v) is 26.3. The van der Waals surface area contributed by atoms with Gasteiger partial charge in [-0.25, -0.2) is 4.18 Å². The Bertz CT molecular complexity index is 1280. The number of carbonyl (C=O) groups excluding carboxylic acids is 1. The van der Waals surface area contributed by atoms with E-state index in [2.05, 4.69) is 47.7 Å². The monoisotopic (exact) mass is 918 g/mol. The highest BCUT2D eigenvalue weighted by molar-refractivity contribution is 7.80. The van der Waals surface area contributed by atoms with E-state index in [1.165, 1.54) is 128 Å². The molecule has 14 heteroatoms. The minimum absolute atomic E-state index is 0.222. The number of hydrogen-bond acceptors (Lipinski definition) is 11. The predicted octanol–water partition coefficient (Wildman–Crippen LogP) is 9.25. The van der Waals surface area contributed by atoms with Crippen LogP contribution in [-0.4, -0.2) is 107 Å². The van der Waals surface area contributed by atoms with Crippen molar-refractivity contribution in [3.63, 3.8) is 0 Å². The van der Waals surface area contributed by atoms with Crippen LogP contribution in [0.4, 0.5) is 0 Å². The molecule has 1 aliphatic heterocycles. The van der Waals surface area contributed by atoms with E-state index in [1.807, 2.05) is 0 Å². The minimum Gasteiger partial charge on any atom is -0.394 e. The standard InChI is InChI=1S/C49H91NO12S/c1-3-5-7-9-11-13-15-17-19-20-21-22-24-25-27-29-31-33-35-37-42(52)41(40-60-49-46(55)47(62-63(57,58)59)45(54)44(39-51)61-49)50-48(56)43(53)38-36-34-32-30-28-26-23-18-16-14-12-10-8-6-4-2/h23,26-27,29,35,37,41-47,49,51-55H,3-22,24-25,28,30-34,36,38-40H2,1-2H3,(H,50,56)(H,57,58,59)/b26-23-,29-27+,37-35+. The highest BCUT2D eigenvalue weighted by Crippen LogP contribution is 2.26. The van der Waals surface area contributed by atoms with Gasteiger partial charge in [0.15, 0.2) is 6.29 Å². The van der Waals surface area contributed by atoms with E-state index in [9.17, 15) is 43.3 Å². The smallest absolute Gasteiger partial charge is 0.394 e. The van der Waals surface area contributed by atoms with Crippen LogP contribution < -0.4 is 5.32 Å². The van der Waals surface area contributed by atoms with Crippen molar-refractivity contribution in [1.29, 1.82) is 0 Å². The maximum Gasteiger partial charge on any atom is 0.397 e. The molecule has 63 heavy (non-hydrogen) atoms. The first kappa shape index (κ1) is 59.3. The van der Waals surface area contributed by atoms with E-state index in [0.717, 1.165) is 51.4 Å². The number of carbonyl (C=O) groups is 1. The van der Waals surface area contributed by atoms with Gasteiger partial charge >= 0.3 is 10.4 Å². The first-order valence-electron chi connectivity index (χ1n) is 25.0. The van der Waals surface area contributed by atoms with Gasteiger partial charge in [0.1, 0.15) is 30.5 Å². The molecule has 0 radical (unpaired) electrons. The highest BCUT2D eigenvalue weighted by atomic mass is 32.3. The molecule has 1 amide bonds. The third kappa shape index (κ3) is 31.8. The number of aliphatic hydroxyl groups excluding tert-OH is 5. The Labute approximate surface area is 382 Å². The summed E-state index contributed by atoms with van der Waals surface area (Å²) in [6, 6.07) is -1.14. The molecule has 0 aromatic rings. The molecule has 1 fully saturated rings. The number of rotatable bonds is 42. The summed E-state index contributed by atoms with van der Waals surface area (Å²) in [5.41, 5.74) is 0. The zero-order chi connectivity index (χ0) is 46.4. The Morgan fingerprint density at radius 2 is 1.06 bits per heavy atom. The van der Waals surface area contributed by atoms with Gasteiger partial charge in [-0.2, -0.15) is 8.42 Å². The minimum atomic E-state index is -5.12. The van der Waals surface area contributed by atoms with Crippen LogP contribution in [0.15, 0.2) is 36.5 Å². The first-order chi connectivity index (χ1) is 30.4. The summed E-state index contributed by atoms with van der Waals surface area (Å²) >= 11 is 0. The SMILES string of the molecule is CCCCCCCCC/C=C\CCCCCCC(O)C(=O)NC(COC1OC(CO)C(O)C(OS(=O)(=O)O)C1O)C(O)/C=C/CC/C=C/CCCCCCCCCCCCCCC. The van der Waals surface area contributed by atoms with E-state index in [4.69, 9.17) is 9.47 Å². The Morgan fingerprint density at radius 1 is 0.635 bits per heavy atom. The van der Waals surface area contributed by atoms with Crippen molar-refractivity contribution < 1.29 is 57.0 Å². The molecule has 370 valence electrons. The maximum atomic E-state index is 13.1. The topological polar surface area (TPSA) is 212 Å². The van der Waals surface area contributed by atoms with E-state index in [1.54, 1.807) is 6.08 Å². The molecule has 0 aromatic carbocycles. The van der Waals surface area contributed by atoms with E-state index in [0.29, 0.717) is 12.8 Å². The fourth-order valence-corrected chi connectivity index (χ4v) is 8.27. The maximum absolute atomic E-state index is 13.1. The van der Waals surface area contributed by atoms with Crippen molar-refractivity contribution in [3.8, 4) is 0 Å². The summed E-state index contributed by atoms with van der Waals surface area (Å²) in [6.07, 6.45) is 35.1. The largest absolute Gasteiger partial charge is 0.397 e. The molecular weight excluding hydrogens is 827 g/mol. The molecule has 0 aliphatic carbocycles. The highest BCUT2D eigenvalue weighted by Gasteiger charge is 2.48. The summed E-state index contributed by atoms with van der Waals surface area (Å²) in [4.78, 5) is 13.1. The van der Waals surface area contributed by atoms with E-state index < -0.39 is 78.5 Å². The second kappa shape index (κ2) is 39.4. The summed E-state index contributed by atoms with van der Waals surface area (Å²) in [7, 11) is -5.12. The lowest BCUT2D eigenvalue weighted by Gasteiger charge is -2.41. The van der Waals surface area contributed by atoms with Gasteiger partial charge in [-0.15, -0.1) is 0 Å². The summed E-state index contributed by atoms with van der Waals surface area (Å²) in [5.74, 6) is -0.721. The van der Waals surface area contributed by atoms with Crippen LogP contribution in [0.2, 0.25) is 0 Å². The van der Waals surface area contributed by atoms with Crippen LogP contribution in [0.3, 0.4) is 0 Å². The van der Waals surface area contributed by atoms with Gasteiger partial charge in [0, 0.05) is 0 Å². The van der Waals surface area contributed by atoms with Crippen molar-refractivity contribution in [2.75, 3.05) is 13.2 Å². The Morgan fingerprint density at radius 3 is 1.52 bits per heavy atom. The van der Waals surface area contributed by atoms with Gasteiger partial charge in [-0.1, -0.05) is 185 Å². The lowest BCUT2D eigenvalue weighted by molar-refractivity contribution is -0.298. The average Bonchev–Trinajstić information content (AvgIpc) is 3.25. The van der Waals surface area contributed by atoms with Gasteiger partial charge in [-0.05, 0) is 57.8 Å². The summed E-state index contributed by atoms with van der Waals surface area (Å²) < 4.78 is 47.6. The second-order valence-electron chi connectivity index (χ2n) is 17.5. The molecule has 1 aliphatic rings.